The lowest BCUT2D eigenvalue weighted by Gasteiger charge is -2.11. The molecule has 0 unspecified atom stereocenters. The molecule has 0 bridgehead atoms. The van der Waals surface area contributed by atoms with Crippen LogP contribution in [0.3, 0.4) is 0 Å². The van der Waals surface area contributed by atoms with E-state index in [0.29, 0.717) is 0 Å². The molecule has 0 saturated carbocycles. The summed E-state index contributed by atoms with van der Waals surface area (Å²) >= 11 is 0. The van der Waals surface area contributed by atoms with Crippen LogP contribution in [0.2, 0.25) is 0 Å². The second kappa shape index (κ2) is 7.92. The third-order valence-corrected chi connectivity index (χ3v) is 4.58. The number of quaternary nitrogens is 1. The summed E-state index contributed by atoms with van der Waals surface area (Å²) in [7, 11) is 0. The van der Waals surface area contributed by atoms with Gasteiger partial charge in [0.1, 0.15) is 5.75 Å². The van der Waals surface area contributed by atoms with E-state index < -0.39 is 6.36 Å². The summed E-state index contributed by atoms with van der Waals surface area (Å²) in [6.45, 7) is 8.38. The molecule has 2 rings (SSSR count). The Labute approximate surface area is 140 Å². The average Bonchev–Trinajstić information content (AvgIpc) is 2.81. The first-order valence-corrected chi connectivity index (χ1v) is 8.52. The number of nitrogens with two attached hydrogens (primary N) is 1. The van der Waals surface area contributed by atoms with Gasteiger partial charge in [0.05, 0.1) is 13.1 Å². The first-order valence-electron chi connectivity index (χ1n) is 8.52. The molecule has 3 N–H and O–H groups in total. The lowest BCUT2D eigenvalue weighted by atomic mass is 10.0. The Kier molecular flexibility index (Phi) is 6.15. The van der Waals surface area contributed by atoms with Crippen molar-refractivity contribution in [1.82, 2.24) is 4.98 Å². The number of hydrogen-bond donors (Lipinski definition) is 2. The van der Waals surface area contributed by atoms with Gasteiger partial charge < -0.3 is 15.0 Å². The zero-order chi connectivity index (χ0) is 17.7. The van der Waals surface area contributed by atoms with E-state index in [4.69, 9.17) is 0 Å². The van der Waals surface area contributed by atoms with E-state index in [0.717, 1.165) is 47.6 Å². The molecule has 1 aromatic carbocycles. The number of hydrogen-bond acceptors (Lipinski definition) is 1. The van der Waals surface area contributed by atoms with Crippen molar-refractivity contribution < 1.29 is 23.2 Å². The van der Waals surface area contributed by atoms with Crippen LogP contribution in [0.1, 0.15) is 37.9 Å². The number of benzene rings is 1. The lowest BCUT2D eigenvalue weighted by molar-refractivity contribution is -0.660. The van der Waals surface area contributed by atoms with Gasteiger partial charge in [-0.1, -0.05) is 13.8 Å². The number of aryl methyl sites for hydroxylation is 1. The molecule has 134 valence electrons. The highest BCUT2D eigenvalue weighted by molar-refractivity contribution is 5.86. The van der Waals surface area contributed by atoms with E-state index in [9.17, 15) is 13.2 Å². The number of ether oxygens (including phenoxy) is 1. The van der Waals surface area contributed by atoms with Crippen molar-refractivity contribution in [2.24, 2.45) is 5.92 Å². The van der Waals surface area contributed by atoms with Gasteiger partial charge in [0.25, 0.3) is 0 Å². The molecule has 1 aromatic heterocycles. The number of alkyl halides is 3. The fourth-order valence-electron chi connectivity index (χ4n) is 3.10. The lowest BCUT2D eigenvalue weighted by Crippen LogP contribution is -2.86. The predicted octanol–water partition coefficient (Wildman–Crippen LogP) is 3.92. The highest BCUT2D eigenvalue weighted by atomic mass is 19.4. The fraction of sp³-hybridized carbons (Fsp3) is 0.556. The maximum Gasteiger partial charge on any atom is 0.573 e. The maximum absolute atomic E-state index is 12.4. The van der Waals surface area contributed by atoms with Crippen LogP contribution in [-0.2, 0) is 6.42 Å². The number of aromatic nitrogens is 1. The van der Waals surface area contributed by atoms with Crippen molar-refractivity contribution in [3.63, 3.8) is 0 Å². The molecular weight excluding hydrogens is 317 g/mol. The number of aromatic amines is 1. The smallest absolute Gasteiger partial charge is 0.406 e. The van der Waals surface area contributed by atoms with E-state index in [2.05, 4.69) is 28.9 Å². The minimum atomic E-state index is -4.66. The maximum atomic E-state index is 12.4. The van der Waals surface area contributed by atoms with Gasteiger partial charge in [-0.2, -0.15) is 0 Å². The van der Waals surface area contributed by atoms with Gasteiger partial charge in [-0.25, -0.2) is 0 Å². The minimum Gasteiger partial charge on any atom is -0.406 e. The van der Waals surface area contributed by atoms with Crippen molar-refractivity contribution in [3.8, 4) is 5.75 Å². The van der Waals surface area contributed by atoms with Gasteiger partial charge in [-0.15, -0.1) is 13.2 Å². The molecule has 0 aliphatic carbocycles. The van der Waals surface area contributed by atoms with Crippen LogP contribution in [0.25, 0.3) is 10.9 Å². The van der Waals surface area contributed by atoms with E-state index in [1.165, 1.54) is 25.0 Å². The standard InChI is InChI=1S/C18H25F3N2O/c1-4-13(5-2)11-22-9-8-15-12(3)23-17-7-6-14(10-16(15)17)24-18(19,20)21/h6-7,10,13,22-23H,4-5,8-9,11H2,1-3H3/p+1. The molecule has 24 heavy (non-hydrogen) atoms. The topological polar surface area (TPSA) is 41.6 Å². The summed E-state index contributed by atoms with van der Waals surface area (Å²) in [5, 5.41) is 3.11. The van der Waals surface area contributed by atoms with Crippen molar-refractivity contribution in [3.05, 3.63) is 29.5 Å². The molecule has 3 nitrogen and oxygen atoms in total. The second-order valence-corrected chi connectivity index (χ2v) is 6.23. The third-order valence-electron chi connectivity index (χ3n) is 4.58. The molecule has 0 aliphatic rings. The minimum absolute atomic E-state index is 0.170. The fourth-order valence-corrected chi connectivity index (χ4v) is 3.10. The molecule has 0 amide bonds. The van der Waals surface area contributed by atoms with Crippen LogP contribution in [0.15, 0.2) is 18.2 Å². The molecule has 0 atom stereocenters. The number of fused-ring (bicyclic) bond motifs is 1. The summed E-state index contributed by atoms with van der Waals surface area (Å²) in [4.78, 5) is 3.24. The first-order chi connectivity index (χ1) is 11.3. The normalized spacial score (nSPS) is 12.3. The van der Waals surface area contributed by atoms with Crippen LogP contribution in [0.5, 0.6) is 5.75 Å². The summed E-state index contributed by atoms with van der Waals surface area (Å²) in [5.41, 5.74) is 2.92. The van der Waals surface area contributed by atoms with Crippen molar-refractivity contribution in [2.75, 3.05) is 13.1 Å². The quantitative estimate of drug-likeness (QED) is 0.701. The molecule has 0 radical (unpaired) electrons. The van der Waals surface area contributed by atoms with E-state index in [1.54, 1.807) is 6.07 Å². The first kappa shape index (κ1) is 18.6. The number of H-pyrrole nitrogens is 1. The molecule has 0 saturated heterocycles. The molecule has 2 aromatic rings. The predicted molar refractivity (Wildman–Crippen MR) is 89.2 cm³/mol. The molecular formula is C18H26F3N2O+. The average molecular weight is 343 g/mol. The molecule has 6 heteroatoms. The Balaban J connectivity index is 2.08. The van der Waals surface area contributed by atoms with Crippen LogP contribution in [-0.4, -0.2) is 24.4 Å². The Bertz CT molecular complexity index is 660. The van der Waals surface area contributed by atoms with Crippen molar-refractivity contribution >= 4 is 10.9 Å². The molecule has 0 spiro atoms. The zero-order valence-electron chi connectivity index (χ0n) is 14.5. The molecule has 0 aliphatic heterocycles. The SMILES string of the molecule is CCC(CC)C[NH2+]CCc1c(C)[nH]c2ccc(OC(F)(F)F)cc12. The van der Waals surface area contributed by atoms with Gasteiger partial charge >= 0.3 is 6.36 Å². The van der Waals surface area contributed by atoms with E-state index >= 15 is 0 Å². The van der Waals surface area contributed by atoms with Crippen LogP contribution < -0.4 is 10.1 Å². The summed E-state index contributed by atoms with van der Waals surface area (Å²) < 4.78 is 41.2. The Morgan fingerprint density at radius 2 is 1.92 bits per heavy atom. The van der Waals surface area contributed by atoms with Gasteiger partial charge in [-0.05, 0) is 43.5 Å². The van der Waals surface area contributed by atoms with E-state index in [1.807, 2.05) is 6.92 Å². The molecule has 0 fully saturated rings. The van der Waals surface area contributed by atoms with E-state index in [-0.39, 0.29) is 5.75 Å². The van der Waals surface area contributed by atoms with Crippen molar-refractivity contribution in [1.29, 1.82) is 0 Å². The van der Waals surface area contributed by atoms with Gasteiger partial charge in [0, 0.05) is 28.9 Å². The zero-order valence-corrected chi connectivity index (χ0v) is 14.5. The summed E-state index contributed by atoms with van der Waals surface area (Å²) in [6.07, 6.45) is -1.49. The number of halogens is 3. The number of nitrogens with one attached hydrogen (secondary N) is 1. The van der Waals surface area contributed by atoms with Crippen molar-refractivity contribution in [2.45, 2.75) is 46.4 Å². The monoisotopic (exact) mass is 343 g/mol. The Morgan fingerprint density at radius 3 is 2.54 bits per heavy atom. The molecule has 1 heterocycles. The van der Waals surface area contributed by atoms with Gasteiger partial charge in [0.2, 0.25) is 0 Å². The highest BCUT2D eigenvalue weighted by Gasteiger charge is 2.31. The van der Waals surface area contributed by atoms with Crippen LogP contribution in [0.4, 0.5) is 13.2 Å². The second-order valence-electron chi connectivity index (χ2n) is 6.23. The Morgan fingerprint density at radius 1 is 1.21 bits per heavy atom. The summed E-state index contributed by atoms with van der Waals surface area (Å²) in [6, 6.07) is 4.46. The third kappa shape index (κ3) is 4.90. The largest absolute Gasteiger partial charge is 0.573 e. The van der Waals surface area contributed by atoms with Gasteiger partial charge in [0.15, 0.2) is 0 Å². The van der Waals surface area contributed by atoms with Gasteiger partial charge in [-0.3, -0.25) is 0 Å². The number of rotatable bonds is 8. The highest BCUT2D eigenvalue weighted by Crippen LogP contribution is 2.29. The van der Waals surface area contributed by atoms with Crippen LogP contribution in [0, 0.1) is 12.8 Å². The Hall–Kier alpha value is -1.69. The van der Waals surface area contributed by atoms with Crippen LogP contribution >= 0.6 is 0 Å². The summed E-state index contributed by atoms with van der Waals surface area (Å²) in [5.74, 6) is 0.553.